The van der Waals surface area contributed by atoms with Crippen LogP contribution in [0.25, 0.3) is 22.6 Å². The number of fused-ring (bicyclic) bond motifs is 1. The zero-order valence-electron chi connectivity index (χ0n) is 12.3. The van der Waals surface area contributed by atoms with Gasteiger partial charge in [0.1, 0.15) is 5.69 Å². The normalized spacial score (nSPS) is 11.3. The first-order valence-electron chi connectivity index (χ1n) is 7.30. The molecule has 2 heterocycles. The molecule has 0 saturated heterocycles. The van der Waals surface area contributed by atoms with E-state index in [-0.39, 0.29) is 0 Å². The molecule has 4 nitrogen and oxygen atoms in total. The topological polar surface area (TPSA) is 46.5 Å². The lowest BCUT2D eigenvalue weighted by molar-refractivity contribution is 0.653. The maximum absolute atomic E-state index is 4.70. The minimum atomic E-state index is 0.854. The van der Waals surface area contributed by atoms with Crippen molar-refractivity contribution in [1.82, 2.24) is 19.7 Å². The Kier molecular flexibility index (Phi) is 3.30. The van der Waals surface area contributed by atoms with Crippen molar-refractivity contribution in [2.24, 2.45) is 0 Å². The van der Waals surface area contributed by atoms with E-state index < -0.39 is 0 Å². The summed E-state index contributed by atoms with van der Waals surface area (Å²) >= 11 is 0. The molecular weight excluding hydrogens is 248 g/mol. The van der Waals surface area contributed by atoms with Gasteiger partial charge < -0.3 is 4.98 Å². The molecule has 20 heavy (non-hydrogen) atoms. The van der Waals surface area contributed by atoms with Gasteiger partial charge in [-0.15, -0.1) is 0 Å². The lowest BCUT2D eigenvalue weighted by atomic mass is 10.1. The summed E-state index contributed by atoms with van der Waals surface area (Å²) in [5, 5.41) is 4.58. The van der Waals surface area contributed by atoms with Crippen molar-refractivity contribution in [2.75, 3.05) is 0 Å². The van der Waals surface area contributed by atoms with E-state index in [9.17, 15) is 0 Å². The number of imidazole rings is 1. The fourth-order valence-electron chi connectivity index (χ4n) is 2.47. The summed E-state index contributed by atoms with van der Waals surface area (Å²) in [5.74, 6) is 0.905. The van der Waals surface area contributed by atoms with Gasteiger partial charge in [-0.3, -0.25) is 4.68 Å². The Bertz CT molecular complexity index is 736. The Labute approximate surface area is 118 Å². The van der Waals surface area contributed by atoms with Crippen LogP contribution in [0.3, 0.4) is 0 Å². The van der Waals surface area contributed by atoms with E-state index in [0.29, 0.717) is 0 Å². The number of aryl methyl sites for hydroxylation is 3. The average Bonchev–Trinajstić information content (AvgIpc) is 3.09. The second-order valence-electron chi connectivity index (χ2n) is 4.98. The van der Waals surface area contributed by atoms with Crippen LogP contribution in [0.15, 0.2) is 24.3 Å². The van der Waals surface area contributed by atoms with Gasteiger partial charge in [-0.1, -0.05) is 19.9 Å². The first-order valence-corrected chi connectivity index (χ1v) is 7.30. The zero-order valence-corrected chi connectivity index (χ0v) is 12.3. The van der Waals surface area contributed by atoms with Crippen LogP contribution in [0, 0.1) is 0 Å². The van der Waals surface area contributed by atoms with Gasteiger partial charge in [-0.2, -0.15) is 5.10 Å². The van der Waals surface area contributed by atoms with E-state index in [1.165, 1.54) is 5.56 Å². The predicted octanol–water partition coefficient (Wildman–Crippen LogP) is 3.57. The van der Waals surface area contributed by atoms with E-state index in [2.05, 4.69) is 55.1 Å². The molecule has 3 aromatic rings. The van der Waals surface area contributed by atoms with Crippen molar-refractivity contribution in [3.05, 3.63) is 35.5 Å². The third-order valence-corrected chi connectivity index (χ3v) is 3.69. The quantitative estimate of drug-likeness (QED) is 0.786. The molecule has 104 valence electrons. The lowest BCUT2D eigenvalue weighted by Gasteiger charge is -2.00. The van der Waals surface area contributed by atoms with Gasteiger partial charge in [-0.25, -0.2) is 4.98 Å². The molecule has 0 aliphatic heterocycles. The first-order chi connectivity index (χ1) is 9.75. The van der Waals surface area contributed by atoms with Gasteiger partial charge in [0.05, 0.1) is 16.7 Å². The monoisotopic (exact) mass is 268 g/mol. The van der Waals surface area contributed by atoms with Gasteiger partial charge in [0.15, 0.2) is 5.82 Å². The number of nitrogens with one attached hydrogen (secondary N) is 1. The predicted molar refractivity (Wildman–Crippen MR) is 81.7 cm³/mol. The van der Waals surface area contributed by atoms with Crippen LogP contribution in [0.1, 0.15) is 32.0 Å². The Balaban J connectivity index is 2.11. The second-order valence-corrected chi connectivity index (χ2v) is 4.98. The maximum Gasteiger partial charge on any atom is 0.156 e. The van der Waals surface area contributed by atoms with Crippen LogP contribution in [0.4, 0.5) is 0 Å². The zero-order chi connectivity index (χ0) is 14.1. The van der Waals surface area contributed by atoms with E-state index in [1.54, 1.807) is 0 Å². The van der Waals surface area contributed by atoms with Crippen molar-refractivity contribution in [3.8, 4) is 11.5 Å². The Hall–Kier alpha value is -2.10. The number of benzene rings is 1. The minimum absolute atomic E-state index is 0.854. The van der Waals surface area contributed by atoms with Gasteiger partial charge >= 0.3 is 0 Å². The van der Waals surface area contributed by atoms with Gasteiger partial charge in [0.25, 0.3) is 0 Å². The molecule has 0 saturated carbocycles. The molecule has 0 spiro atoms. The Morgan fingerprint density at radius 2 is 1.95 bits per heavy atom. The van der Waals surface area contributed by atoms with Crippen molar-refractivity contribution >= 4 is 11.0 Å². The molecule has 0 aliphatic rings. The van der Waals surface area contributed by atoms with Crippen molar-refractivity contribution in [3.63, 3.8) is 0 Å². The molecule has 0 aliphatic carbocycles. The molecule has 1 N–H and O–H groups in total. The Morgan fingerprint density at radius 3 is 2.65 bits per heavy atom. The van der Waals surface area contributed by atoms with Crippen LogP contribution in [0.2, 0.25) is 0 Å². The van der Waals surface area contributed by atoms with E-state index in [4.69, 9.17) is 4.98 Å². The number of hydrogen-bond donors (Lipinski definition) is 1. The third-order valence-electron chi connectivity index (χ3n) is 3.69. The average molecular weight is 268 g/mol. The lowest BCUT2D eigenvalue weighted by Crippen LogP contribution is -2.00. The van der Waals surface area contributed by atoms with Gasteiger partial charge in [0.2, 0.25) is 0 Å². The molecule has 2 aromatic heterocycles. The molecule has 4 heteroatoms. The van der Waals surface area contributed by atoms with Crippen LogP contribution >= 0.6 is 0 Å². The number of hydrogen-bond acceptors (Lipinski definition) is 2. The molecule has 0 fully saturated rings. The highest BCUT2D eigenvalue weighted by Gasteiger charge is 2.12. The third kappa shape index (κ3) is 2.11. The molecule has 1 aromatic carbocycles. The number of nitrogens with zero attached hydrogens (tertiary/aromatic N) is 3. The van der Waals surface area contributed by atoms with Gasteiger partial charge in [0, 0.05) is 6.54 Å². The summed E-state index contributed by atoms with van der Waals surface area (Å²) in [7, 11) is 0. The largest absolute Gasteiger partial charge is 0.337 e. The van der Waals surface area contributed by atoms with Crippen LogP contribution in [-0.4, -0.2) is 19.7 Å². The summed E-state index contributed by atoms with van der Waals surface area (Å²) in [6.45, 7) is 7.25. The Morgan fingerprint density at radius 1 is 1.10 bits per heavy atom. The summed E-state index contributed by atoms with van der Waals surface area (Å²) in [6, 6.07) is 8.53. The SMILES string of the molecule is CCc1ccc2nc(-c3cc(CC)nn3CC)[nH]c2c1. The van der Waals surface area contributed by atoms with Crippen molar-refractivity contribution < 1.29 is 0 Å². The fraction of sp³-hybridized carbons (Fsp3) is 0.375. The van der Waals surface area contributed by atoms with E-state index in [1.807, 2.05) is 4.68 Å². The van der Waals surface area contributed by atoms with Crippen LogP contribution in [0.5, 0.6) is 0 Å². The fourth-order valence-corrected chi connectivity index (χ4v) is 2.47. The van der Waals surface area contributed by atoms with Crippen molar-refractivity contribution in [2.45, 2.75) is 40.2 Å². The maximum atomic E-state index is 4.70. The summed E-state index contributed by atoms with van der Waals surface area (Å²) in [4.78, 5) is 8.13. The molecule has 0 atom stereocenters. The van der Waals surface area contributed by atoms with E-state index >= 15 is 0 Å². The van der Waals surface area contributed by atoms with Crippen LogP contribution < -0.4 is 0 Å². The molecule has 0 unspecified atom stereocenters. The molecule has 0 radical (unpaired) electrons. The highest BCUT2D eigenvalue weighted by molar-refractivity contribution is 5.79. The molecule has 0 bridgehead atoms. The molecule has 3 rings (SSSR count). The number of aromatic nitrogens is 4. The molecule has 0 amide bonds. The first kappa shape index (κ1) is 12.9. The summed E-state index contributed by atoms with van der Waals surface area (Å²) in [6.07, 6.45) is 1.98. The van der Waals surface area contributed by atoms with E-state index in [0.717, 1.165) is 47.6 Å². The van der Waals surface area contributed by atoms with Gasteiger partial charge in [-0.05, 0) is 43.5 Å². The van der Waals surface area contributed by atoms with Crippen LogP contribution in [-0.2, 0) is 19.4 Å². The molecular formula is C16H20N4. The second kappa shape index (κ2) is 5.12. The number of rotatable bonds is 4. The van der Waals surface area contributed by atoms with Crippen molar-refractivity contribution in [1.29, 1.82) is 0 Å². The number of aromatic amines is 1. The summed E-state index contributed by atoms with van der Waals surface area (Å²) in [5.41, 5.74) is 5.61. The number of H-pyrrole nitrogens is 1. The highest BCUT2D eigenvalue weighted by atomic mass is 15.3. The summed E-state index contributed by atoms with van der Waals surface area (Å²) < 4.78 is 2.01. The highest BCUT2D eigenvalue weighted by Crippen LogP contribution is 2.22. The smallest absolute Gasteiger partial charge is 0.156 e. The minimum Gasteiger partial charge on any atom is -0.337 e. The standard InChI is InChI=1S/C16H20N4/c1-4-11-7-8-13-14(9-11)18-16(17-13)15-10-12(5-2)19-20(15)6-3/h7-10H,4-6H2,1-3H3,(H,17,18).